The van der Waals surface area contributed by atoms with Crippen LogP contribution in [-0.4, -0.2) is 31.5 Å². The summed E-state index contributed by atoms with van der Waals surface area (Å²) in [4.78, 5) is 4.39. The average Bonchev–Trinajstić information content (AvgIpc) is 2.68. The third-order valence-electron chi connectivity index (χ3n) is 2.84. The normalized spacial score (nSPS) is 11.9. The van der Waals surface area contributed by atoms with Gasteiger partial charge in [-0.15, -0.1) is 11.3 Å². The summed E-state index contributed by atoms with van der Waals surface area (Å²) in [5, 5.41) is 4.05. The molecule has 1 heterocycles. The van der Waals surface area contributed by atoms with Gasteiger partial charge in [0.25, 0.3) is 0 Å². The molecule has 0 saturated heterocycles. The lowest BCUT2D eigenvalue weighted by Crippen LogP contribution is -2.17. The largest absolute Gasteiger partial charge is 0.397 e. The molecule has 0 unspecified atom stereocenters. The fourth-order valence-electron chi connectivity index (χ4n) is 1.74. The first kappa shape index (κ1) is 14.1. The van der Waals surface area contributed by atoms with Gasteiger partial charge in [-0.3, -0.25) is 0 Å². The van der Waals surface area contributed by atoms with Crippen LogP contribution in [-0.2, 0) is 9.84 Å². The van der Waals surface area contributed by atoms with Crippen molar-refractivity contribution in [3.05, 3.63) is 17.1 Å². The van der Waals surface area contributed by atoms with Crippen molar-refractivity contribution in [3.63, 3.8) is 0 Å². The Bertz CT molecular complexity index is 692. The second kappa shape index (κ2) is 5.34. The number of rotatable bonds is 5. The molecule has 104 valence electrons. The fraction of sp³-hybridized carbons (Fsp3) is 0.417. The van der Waals surface area contributed by atoms with Gasteiger partial charge in [0.1, 0.15) is 0 Å². The van der Waals surface area contributed by atoms with Crippen LogP contribution in [0.1, 0.15) is 11.9 Å². The lowest BCUT2D eigenvalue weighted by atomic mass is 10.2. The summed E-state index contributed by atoms with van der Waals surface area (Å²) in [6, 6.07) is 3.74. The highest BCUT2D eigenvalue weighted by Gasteiger charge is 2.09. The van der Waals surface area contributed by atoms with Gasteiger partial charge in [0.2, 0.25) is 0 Å². The third-order valence-corrected chi connectivity index (χ3v) is 5.47. The summed E-state index contributed by atoms with van der Waals surface area (Å²) in [5.74, 6) is 0.269. The molecular formula is C12H17N3O2S2. The van der Waals surface area contributed by atoms with E-state index in [1.54, 1.807) is 18.3 Å². The number of hydrogen-bond acceptors (Lipinski definition) is 6. The van der Waals surface area contributed by atoms with Gasteiger partial charge in [0.15, 0.2) is 9.84 Å². The van der Waals surface area contributed by atoms with Gasteiger partial charge in [-0.2, -0.15) is 0 Å². The Hall–Kier alpha value is -1.34. The predicted octanol–water partition coefficient (Wildman–Crippen LogP) is 2.03. The summed E-state index contributed by atoms with van der Waals surface area (Å²) < 4.78 is 23.9. The molecule has 19 heavy (non-hydrogen) atoms. The number of thiazole rings is 1. The topological polar surface area (TPSA) is 85.1 Å². The van der Waals surface area contributed by atoms with Crippen LogP contribution in [0.3, 0.4) is 0 Å². The molecule has 3 N–H and O–H groups in total. The highest BCUT2D eigenvalue weighted by atomic mass is 32.2. The van der Waals surface area contributed by atoms with Crippen molar-refractivity contribution in [2.75, 3.05) is 29.1 Å². The first-order valence-electron chi connectivity index (χ1n) is 6.02. The summed E-state index contributed by atoms with van der Waals surface area (Å²) in [6.45, 7) is 3.95. The molecule has 2 rings (SSSR count). The molecule has 2 aromatic rings. The highest BCUT2D eigenvalue weighted by Crippen LogP contribution is 2.29. The number of nitrogens with two attached hydrogens (primary N) is 1. The molecule has 0 atom stereocenters. The van der Waals surface area contributed by atoms with Crippen LogP contribution in [0.25, 0.3) is 10.2 Å². The molecule has 0 bridgehead atoms. The number of benzene rings is 1. The van der Waals surface area contributed by atoms with Crippen molar-refractivity contribution >= 4 is 42.8 Å². The van der Waals surface area contributed by atoms with Crippen molar-refractivity contribution in [2.45, 2.75) is 13.8 Å². The molecule has 0 aliphatic carbocycles. The molecule has 7 heteroatoms. The zero-order chi connectivity index (χ0) is 14.0. The van der Waals surface area contributed by atoms with Gasteiger partial charge < -0.3 is 11.1 Å². The molecule has 0 aliphatic heterocycles. The summed E-state index contributed by atoms with van der Waals surface area (Å²) in [7, 11) is -2.96. The molecule has 1 aromatic carbocycles. The van der Waals surface area contributed by atoms with Gasteiger partial charge >= 0.3 is 0 Å². The Kier molecular flexibility index (Phi) is 3.96. The first-order valence-corrected chi connectivity index (χ1v) is 8.66. The smallest absolute Gasteiger partial charge is 0.151 e. The first-order chi connectivity index (χ1) is 8.91. The quantitative estimate of drug-likeness (QED) is 0.825. The Balaban J connectivity index is 2.14. The molecule has 0 aliphatic rings. The molecule has 0 spiro atoms. The highest BCUT2D eigenvalue weighted by molar-refractivity contribution is 7.91. The Morgan fingerprint density at radius 1 is 1.42 bits per heavy atom. The molecule has 0 saturated carbocycles. The number of nitrogens with zero attached hydrogens (tertiary/aromatic N) is 1. The van der Waals surface area contributed by atoms with Gasteiger partial charge in [-0.05, 0) is 19.1 Å². The van der Waals surface area contributed by atoms with Gasteiger partial charge in [-0.25, -0.2) is 13.4 Å². The van der Waals surface area contributed by atoms with Crippen molar-refractivity contribution in [1.82, 2.24) is 4.98 Å². The van der Waals surface area contributed by atoms with Crippen LogP contribution >= 0.6 is 11.3 Å². The van der Waals surface area contributed by atoms with Crippen LogP contribution in [0.2, 0.25) is 0 Å². The number of anilines is 2. The van der Waals surface area contributed by atoms with E-state index in [2.05, 4.69) is 10.3 Å². The van der Waals surface area contributed by atoms with Gasteiger partial charge in [0.05, 0.1) is 32.4 Å². The van der Waals surface area contributed by atoms with E-state index >= 15 is 0 Å². The van der Waals surface area contributed by atoms with Crippen LogP contribution < -0.4 is 11.1 Å². The maximum Gasteiger partial charge on any atom is 0.151 e. The second-order valence-electron chi connectivity index (χ2n) is 4.30. The summed E-state index contributed by atoms with van der Waals surface area (Å²) in [5.41, 5.74) is 8.19. The number of hydrogen-bond donors (Lipinski definition) is 2. The number of fused-ring (bicyclic) bond motifs is 1. The number of aryl methyl sites for hydroxylation is 1. The zero-order valence-electron chi connectivity index (χ0n) is 10.9. The maximum absolute atomic E-state index is 11.4. The van der Waals surface area contributed by atoms with E-state index in [4.69, 9.17) is 5.73 Å². The van der Waals surface area contributed by atoms with E-state index in [0.29, 0.717) is 12.2 Å². The summed E-state index contributed by atoms with van der Waals surface area (Å²) in [6.07, 6.45) is 0. The van der Waals surface area contributed by atoms with Crippen molar-refractivity contribution in [3.8, 4) is 0 Å². The van der Waals surface area contributed by atoms with Crippen molar-refractivity contribution < 1.29 is 8.42 Å². The SMILES string of the molecule is CCS(=O)(=O)CCNc1cc2nc(C)sc2cc1N. The Morgan fingerprint density at radius 3 is 2.84 bits per heavy atom. The molecule has 1 aromatic heterocycles. The minimum Gasteiger partial charge on any atom is -0.397 e. The Labute approximate surface area is 116 Å². The Morgan fingerprint density at radius 2 is 2.16 bits per heavy atom. The van der Waals surface area contributed by atoms with Crippen LogP contribution in [0.4, 0.5) is 11.4 Å². The van der Waals surface area contributed by atoms with E-state index < -0.39 is 9.84 Å². The zero-order valence-corrected chi connectivity index (χ0v) is 12.6. The number of aromatic nitrogens is 1. The van der Waals surface area contributed by atoms with Crippen LogP contribution in [0.5, 0.6) is 0 Å². The minimum absolute atomic E-state index is 0.108. The molecule has 0 amide bonds. The maximum atomic E-state index is 11.4. The van der Waals surface area contributed by atoms with Gasteiger partial charge in [-0.1, -0.05) is 6.92 Å². The van der Waals surface area contributed by atoms with E-state index in [-0.39, 0.29) is 11.5 Å². The number of sulfone groups is 1. The predicted molar refractivity (Wildman–Crippen MR) is 81.6 cm³/mol. The number of nitrogens with one attached hydrogen (secondary N) is 1. The van der Waals surface area contributed by atoms with Crippen molar-refractivity contribution in [2.24, 2.45) is 0 Å². The molecule has 5 nitrogen and oxygen atoms in total. The third kappa shape index (κ3) is 3.36. The monoisotopic (exact) mass is 299 g/mol. The van der Waals surface area contributed by atoms with E-state index in [0.717, 1.165) is 20.9 Å². The number of nitrogen functional groups attached to an aromatic ring is 1. The van der Waals surface area contributed by atoms with Gasteiger partial charge in [0, 0.05) is 12.3 Å². The molecular weight excluding hydrogens is 282 g/mol. The van der Waals surface area contributed by atoms with Crippen LogP contribution in [0, 0.1) is 6.92 Å². The summed E-state index contributed by atoms with van der Waals surface area (Å²) >= 11 is 1.59. The molecule has 0 fully saturated rings. The lowest BCUT2D eigenvalue weighted by Gasteiger charge is -2.09. The van der Waals surface area contributed by atoms with E-state index in [9.17, 15) is 8.42 Å². The van der Waals surface area contributed by atoms with E-state index in [1.807, 2.05) is 19.1 Å². The second-order valence-corrected chi connectivity index (χ2v) is 8.01. The standard InChI is InChI=1S/C12H17N3O2S2/c1-3-19(16,17)5-4-14-10-7-11-12(6-9(10)13)18-8(2)15-11/h6-7,14H,3-5,13H2,1-2H3. The van der Waals surface area contributed by atoms with Crippen LogP contribution in [0.15, 0.2) is 12.1 Å². The molecule has 0 radical (unpaired) electrons. The fourth-order valence-corrected chi connectivity index (χ4v) is 3.30. The minimum atomic E-state index is -2.96. The van der Waals surface area contributed by atoms with Crippen molar-refractivity contribution in [1.29, 1.82) is 0 Å². The average molecular weight is 299 g/mol. The lowest BCUT2D eigenvalue weighted by molar-refractivity contribution is 0.597. The van der Waals surface area contributed by atoms with E-state index in [1.165, 1.54) is 0 Å².